The lowest BCUT2D eigenvalue weighted by Crippen LogP contribution is -1.99. The molecule has 6 heteroatoms. The predicted octanol–water partition coefficient (Wildman–Crippen LogP) is 3.15. The van der Waals surface area contributed by atoms with Crippen LogP contribution in [0.2, 0.25) is 5.28 Å². The fourth-order valence-electron chi connectivity index (χ4n) is 1.70. The number of hydrogen-bond donors (Lipinski definition) is 0. The van der Waals surface area contributed by atoms with Crippen LogP contribution in [0, 0.1) is 13.8 Å². The molecule has 0 amide bonds. The predicted molar refractivity (Wildman–Crippen MR) is 69.0 cm³/mol. The van der Waals surface area contributed by atoms with Crippen LogP contribution in [0.15, 0.2) is 18.5 Å². The fraction of sp³-hybridized carbons (Fsp3) is 0.182. The Bertz CT molecular complexity index is 701. The number of rotatable bonds is 1. The third-order valence-corrected chi connectivity index (χ3v) is 3.51. The molecule has 3 aromatic heterocycles. The summed E-state index contributed by atoms with van der Waals surface area (Å²) in [6, 6.07) is 2.06. The molecule has 3 rings (SSSR count). The number of aryl methyl sites for hydroxylation is 2. The van der Waals surface area contributed by atoms with Gasteiger partial charge in [0.05, 0.1) is 11.6 Å². The van der Waals surface area contributed by atoms with E-state index in [4.69, 9.17) is 11.6 Å². The first-order valence-corrected chi connectivity index (χ1v) is 6.28. The molecule has 0 aliphatic heterocycles. The average Bonchev–Trinajstić information content (AvgIpc) is 2.82. The number of hydrogen-bond acceptors (Lipinski definition) is 4. The van der Waals surface area contributed by atoms with Gasteiger partial charge in [-0.05, 0) is 37.1 Å². The van der Waals surface area contributed by atoms with Crippen LogP contribution in [0.3, 0.4) is 0 Å². The van der Waals surface area contributed by atoms with Crippen molar-refractivity contribution < 1.29 is 0 Å². The first-order valence-electron chi connectivity index (χ1n) is 5.09. The SMILES string of the molecule is Cc1cnn(-c2nc(Cl)nc3sc(C)cc23)c1. The summed E-state index contributed by atoms with van der Waals surface area (Å²) in [6.45, 7) is 4.03. The van der Waals surface area contributed by atoms with Crippen molar-refractivity contribution in [3.8, 4) is 5.82 Å². The van der Waals surface area contributed by atoms with Crippen molar-refractivity contribution in [1.29, 1.82) is 0 Å². The van der Waals surface area contributed by atoms with Crippen molar-refractivity contribution in [1.82, 2.24) is 19.7 Å². The molecule has 0 spiro atoms. The highest BCUT2D eigenvalue weighted by atomic mass is 35.5. The van der Waals surface area contributed by atoms with Gasteiger partial charge < -0.3 is 0 Å². The second-order valence-corrected chi connectivity index (χ2v) is 5.43. The highest BCUT2D eigenvalue weighted by Crippen LogP contribution is 2.28. The molecular formula is C11H9ClN4S. The largest absolute Gasteiger partial charge is 0.225 e. The number of aromatic nitrogens is 4. The summed E-state index contributed by atoms with van der Waals surface area (Å²) in [7, 11) is 0. The molecule has 3 aromatic rings. The lowest BCUT2D eigenvalue weighted by molar-refractivity contribution is 0.851. The minimum atomic E-state index is 0.252. The van der Waals surface area contributed by atoms with Crippen molar-refractivity contribution in [2.24, 2.45) is 0 Å². The molecule has 17 heavy (non-hydrogen) atoms. The first-order chi connectivity index (χ1) is 8.13. The summed E-state index contributed by atoms with van der Waals surface area (Å²) >= 11 is 7.54. The van der Waals surface area contributed by atoms with Gasteiger partial charge in [-0.25, -0.2) is 9.67 Å². The maximum atomic E-state index is 5.93. The molecule has 3 heterocycles. The van der Waals surface area contributed by atoms with E-state index < -0.39 is 0 Å². The Morgan fingerprint density at radius 1 is 1.29 bits per heavy atom. The number of thiophene rings is 1. The molecule has 0 saturated carbocycles. The smallest absolute Gasteiger partial charge is 0.222 e. The van der Waals surface area contributed by atoms with Crippen molar-refractivity contribution in [3.05, 3.63) is 34.2 Å². The van der Waals surface area contributed by atoms with Gasteiger partial charge in [-0.2, -0.15) is 10.1 Å². The van der Waals surface area contributed by atoms with Gasteiger partial charge in [0.15, 0.2) is 5.82 Å². The molecule has 0 bridgehead atoms. The van der Waals surface area contributed by atoms with E-state index >= 15 is 0 Å². The molecule has 0 N–H and O–H groups in total. The maximum Gasteiger partial charge on any atom is 0.225 e. The summed E-state index contributed by atoms with van der Waals surface area (Å²) in [5, 5.41) is 5.50. The topological polar surface area (TPSA) is 43.6 Å². The Balaban J connectivity index is 2.34. The monoisotopic (exact) mass is 264 g/mol. The Kier molecular flexibility index (Phi) is 2.38. The van der Waals surface area contributed by atoms with E-state index in [-0.39, 0.29) is 5.28 Å². The molecule has 86 valence electrons. The van der Waals surface area contributed by atoms with Crippen molar-refractivity contribution in [3.63, 3.8) is 0 Å². The minimum absolute atomic E-state index is 0.252. The van der Waals surface area contributed by atoms with Crippen LogP contribution in [0.1, 0.15) is 10.4 Å². The third-order valence-electron chi connectivity index (χ3n) is 2.40. The summed E-state index contributed by atoms with van der Waals surface area (Å²) in [4.78, 5) is 10.6. The van der Waals surface area contributed by atoms with E-state index in [0.717, 1.165) is 21.6 Å². The molecular weight excluding hydrogens is 256 g/mol. The maximum absolute atomic E-state index is 5.93. The highest BCUT2D eigenvalue weighted by Gasteiger charge is 2.11. The van der Waals surface area contributed by atoms with E-state index in [1.165, 1.54) is 4.88 Å². The molecule has 0 saturated heterocycles. The lowest BCUT2D eigenvalue weighted by Gasteiger charge is -2.02. The van der Waals surface area contributed by atoms with E-state index in [1.54, 1.807) is 22.2 Å². The highest BCUT2D eigenvalue weighted by molar-refractivity contribution is 7.18. The van der Waals surface area contributed by atoms with Crippen LogP contribution >= 0.6 is 22.9 Å². The molecule has 0 aliphatic carbocycles. The van der Waals surface area contributed by atoms with Crippen LogP contribution in [-0.4, -0.2) is 19.7 Å². The quantitative estimate of drug-likeness (QED) is 0.634. The van der Waals surface area contributed by atoms with Gasteiger partial charge in [-0.15, -0.1) is 11.3 Å². The third kappa shape index (κ3) is 1.81. The zero-order chi connectivity index (χ0) is 12.0. The standard InChI is InChI=1S/C11H9ClN4S/c1-6-4-13-16(5-6)9-8-3-7(2)17-10(8)15-11(12)14-9/h3-5H,1-2H3. The van der Waals surface area contributed by atoms with Gasteiger partial charge in [-0.3, -0.25) is 0 Å². The average molecular weight is 265 g/mol. The van der Waals surface area contributed by atoms with Crippen molar-refractivity contribution >= 4 is 33.2 Å². The van der Waals surface area contributed by atoms with Gasteiger partial charge >= 0.3 is 0 Å². The van der Waals surface area contributed by atoms with E-state index in [1.807, 2.05) is 20.0 Å². The van der Waals surface area contributed by atoms with Gasteiger partial charge in [0.25, 0.3) is 0 Å². The van der Waals surface area contributed by atoms with Crippen molar-refractivity contribution in [2.45, 2.75) is 13.8 Å². The Morgan fingerprint density at radius 2 is 2.12 bits per heavy atom. The second-order valence-electron chi connectivity index (χ2n) is 3.85. The van der Waals surface area contributed by atoms with Crippen LogP contribution < -0.4 is 0 Å². The van der Waals surface area contributed by atoms with E-state index in [0.29, 0.717) is 0 Å². The Labute approximate surface area is 107 Å². The van der Waals surface area contributed by atoms with Crippen LogP contribution in [0.5, 0.6) is 0 Å². The summed E-state index contributed by atoms with van der Waals surface area (Å²) in [5.41, 5.74) is 1.08. The summed E-state index contributed by atoms with van der Waals surface area (Å²) < 4.78 is 1.73. The molecule has 0 aliphatic rings. The van der Waals surface area contributed by atoms with Crippen molar-refractivity contribution in [2.75, 3.05) is 0 Å². The summed E-state index contributed by atoms with van der Waals surface area (Å²) in [6.07, 6.45) is 3.71. The molecule has 0 aromatic carbocycles. The normalized spacial score (nSPS) is 11.2. The molecule has 0 radical (unpaired) electrons. The van der Waals surface area contributed by atoms with Crippen LogP contribution in [-0.2, 0) is 0 Å². The molecule has 4 nitrogen and oxygen atoms in total. The minimum Gasteiger partial charge on any atom is -0.222 e. The van der Waals surface area contributed by atoms with E-state index in [9.17, 15) is 0 Å². The van der Waals surface area contributed by atoms with Gasteiger partial charge in [0.1, 0.15) is 4.83 Å². The summed E-state index contributed by atoms with van der Waals surface area (Å²) in [5.74, 6) is 0.734. The first kappa shape index (κ1) is 10.7. The molecule has 0 atom stereocenters. The number of fused-ring (bicyclic) bond motifs is 1. The molecule has 0 fully saturated rings. The second kappa shape index (κ2) is 3.78. The van der Waals surface area contributed by atoms with Crippen LogP contribution in [0.4, 0.5) is 0 Å². The Hall–Kier alpha value is -1.46. The zero-order valence-electron chi connectivity index (χ0n) is 9.31. The molecule has 0 unspecified atom stereocenters. The number of nitrogens with zero attached hydrogens (tertiary/aromatic N) is 4. The van der Waals surface area contributed by atoms with Crippen LogP contribution in [0.25, 0.3) is 16.0 Å². The van der Waals surface area contributed by atoms with Gasteiger partial charge in [-0.1, -0.05) is 0 Å². The fourth-order valence-corrected chi connectivity index (χ4v) is 2.79. The van der Waals surface area contributed by atoms with Gasteiger partial charge in [0.2, 0.25) is 5.28 Å². The zero-order valence-corrected chi connectivity index (χ0v) is 10.9. The van der Waals surface area contributed by atoms with E-state index in [2.05, 4.69) is 21.1 Å². The lowest BCUT2D eigenvalue weighted by atomic mass is 10.3. The number of halogens is 1. The Morgan fingerprint density at radius 3 is 2.82 bits per heavy atom. The van der Waals surface area contributed by atoms with Gasteiger partial charge in [0, 0.05) is 11.1 Å².